The minimum Gasteiger partial charge on any atom is -0.469 e. The second-order valence-electron chi connectivity index (χ2n) is 5.76. The van der Waals surface area contributed by atoms with E-state index >= 15 is 0 Å². The average Bonchev–Trinajstić information content (AvgIpc) is 2.55. The number of unbranched alkanes of at least 4 members (excludes halogenated alkanes) is 1. The summed E-state index contributed by atoms with van der Waals surface area (Å²) < 4.78 is 27.9. The van der Waals surface area contributed by atoms with E-state index in [2.05, 4.69) is 20.4 Å². The van der Waals surface area contributed by atoms with E-state index in [1.165, 1.54) is 13.4 Å². The van der Waals surface area contributed by atoms with Crippen LogP contribution in [0.2, 0.25) is 0 Å². The number of ether oxygens (including phenoxy) is 1. The summed E-state index contributed by atoms with van der Waals surface area (Å²) in [5.74, 6) is 0.457. The van der Waals surface area contributed by atoms with Gasteiger partial charge in [-0.1, -0.05) is 12.1 Å². The van der Waals surface area contributed by atoms with E-state index in [4.69, 9.17) is 0 Å². The number of benzene rings is 1. The number of carbonyl (C=O) groups excluding carboxylic acids is 1. The SMILES string of the molecule is CN=C(NCCCCC(=O)OC)NCc1ccc(S(C)(=O)=O)c(C)c1. The van der Waals surface area contributed by atoms with E-state index in [1.807, 2.05) is 6.07 Å². The lowest BCUT2D eigenvalue weighted by Gasteiger charge is -2.13. The summed E-state index contributed by atoms with van der Waals surface area (Å²) >= 11 is 0. The van der Waals surface area contributed by atoms with Crippen molar-refractivity contribution in [3.63, 3.8) is 0 Å². The molecule has 0 aromatic heterocycles. The summed E-state index contributed by atoms with van der Waals surface area (Å²) in [7, 11) is -0.133. The molecule has 0 saturated carbocycles. The first kappa shape index (κ1) is 21.0. The van der Waals surface area contributed by atoms with Gasteiger partial charge in [-0.15, -0.1) is 0 Å². The lowest BCUT2D eigenvalue weighted by molar-refractivity contribution is -0.140. The number of methoxy groups -OCH3 is 1. The van der Waals surface area contributed by atoms with Crippen molar-refractivity contribution in [2.75, 3.05) is 27.0 Å². The fourth-order valence-corrected chi connectivity index (χ4v) is 3.31. The number of nitrogens with zero attached hydrogens (tertiary/aromatic N) is 1. The molecule has 0 radical (unpaired) electrons. The Morgan fingerprint density at radius 2 is 1.96 bits per heavy atom. The maximum atomic E-state index is 11.6. The van der Waals surface area contributed by atoms with Crippen LogP contribution in [0.5, 0.6) is 0 Å². The largest absolute Gasteiger partial charge is 0.469 e. The van der Waals surface area contributed by atoms with Crippen LogP contribution in [0.1, 0.15) is 30.4 Å². The van der Waals surface area contributed by atoms with Crippen molar-refractivity contribution >= 4 is 21.8 Å². The van der Waals surface area contributed by atoms with Crippen molar-refractivity contribution in [3.8, 4) is 0 Å². The molecular formula is C17H27N3O4S. The molecule has 0 spiro atoms. The molecule has 0 unspecified atom stereocenters. The number of guanidine groups is 1. The first-order valence-electron chi connectivity index (χ1n) is 8.09. The molecule has 8 heteroatoms. The van der Waals surface area contributed by atoms with E-state index in [0.29, 0.717) is 30.4 Å². The third kappa shape index (κ3) is 7.55. The Hall–Kier alpha value is -2.09. The number of nitrogens with one attached hydrogen (secondary N) is 2. The molecule has 0 fully saturated rings. The summed E-state index contributed by atoms with van der Waals surface area (Å²) in [5.41, 5.74) is 1.70. The third-order valence-corrected chi connectivity index (χ3v) is 4.91. The maximum Gasteiger partial charge on any atom is 0.305 e. The third-order valence-electron chi connectivity index (χ3n) is 3.65. The van der Waals surface area contributed by atoms with Gasteiger partial charge in [-0.3, -0.25) is 9.79 Å². The molecule has 7 nitrogen and oxygen atoms in total. The molecule has 0 saturated heterocycles. The minimum atomic E-state index is -3.20. The zero-order chi connectivity index (χ0) is 18.9. The molecule has 0 aliphatic rings. The number of carbonyl (C=O) groups is 1. The number of aliphatic imine (C=N–C) groups is 1. The molecule has 0 aliphatic carbocycles. The van der Waals surface area contributed by atoms with Crippen LogP contribution in [-0.4, -0.2) is 47.3 Å². The minimum absolute atomic E-state index is 0.199. The Morgan fingerprint density at radius 3 is 2.52 bits per heavy atom. The molecule has 0 aliphatic heterocycles. The monoisotopic (exact) mass is 369 g/mol. The van der Waals surface area contributed by atoms with Gasteiger partial charge in [-0.25, -0.2) is 8.42 Å². The second-order valence-corrected chi connectivity index (χ2v) is 7.74. The van der Waals surface area contributed by atoms with E-state index in [-0.39, 0.29) is 5.97 Å². The van der Waals surface area contributed by atoms with Gasteiger partial charge < -0.3 is 15.4 Å². The number of esters is 1. The van der Waals surface area contributed by atoms with Gasteiger partial charge in [0, 0.05) is 32.8 Å². The van der Waals surface area contributed by atoms with Crippen molar-refractivity contribution < 1.29 is 17.9 Å². The van der Waals surface area contributed by atoms with Crippen molar-refractivity contribution in [1.29, 1.82) is 0 Å². The van der Waals surface area contributed by atoms with Crippen LogP contribution in [0, 0.1) is 6.92 Å². The summed E-state index contributed by atoms with van der Waals surface area (Å²) in [6, 6.07) is 5.28. The quantitative estimate of drug-likeness (QED) is 0.311. The highest BCUT2D eigenvalue weighted by atomic mass is 32.2. The Labute approximate surface area is 149 Å². The van der Waals surface area contributed by atoms with E-state index < -0.39 is 9.84 Å². The van der Waals surface area contributed by atoms with Crippen LogP contribution in [-0.2, 0) is 25.9 Å². The van der Waals surface area contributed by atoms with Gasteiger partial charge in [0.05, 0.1) is 12.0 Å². The number of hydrogen-bond donors (Lipinski definition) is 2. The lowest BCUT2D eigenvalue weighted by atomic mass is 10.1. The maximum absolute atomic E-state index is 11.6. The highest BCUT2D eigenvalue weighted by molar-refractivity contribution is 7.90. The van der Waals surface area contributed by atoms with Crippen LogP contribution in [0.4, 0.5) is 0 Å². The van der Waals surface area contributed by atoms with Crippen LogP contribution < -0.4 is 10.6 Å². The molecule has 25 heavy (non-hydrogen) atoms. The zero-order valence-corrected chi connectivity index (χ0v) is 16.1. The predicted octanol–water partition coefficient (Wildman–Crippen LogP) is 1.41. The van der Waals surface area contributed by atoms with E-state index in [0.717, 1.165) is 24.0 Å². The number of hydrogen-bond acceptors (Lipinski definition) is 5. The molecular weight excluding hydrogens is 342 g/mol. The van der Waals surface area contributed by atoms with Crippen molar-refractivity contribution in [2.45, 2.75) is 37.6 Å². The highest BCUT2D eigenvalue weighted by Crippen LogP contribution is 2.16. The number of rotatable bonds is 8. The van der Waals surface area contributed by atoms with E-state index in [1.54, 1.807) is 26.1 Å². The van der Waals surface area contributed by atoms with Crippen LogP contribution in [0.3, 0.4) is 0 Å². The number of aryl methyl sites for hydroxylation is 1. The first-order chi connectivity index (χ1) is 11.8. The first-order valence-corrected chi connectivity index (χ1v) is 9.98. The van der Waals surface area contributed by atoms with Gasteiger partial charge in [-0.05, 0) is 37.0 Å². The van der Waals surface area contributed by atoms with Gasteiger partial charge in [0.2, 0.25) is 0 Å². The molecule has 0 atom stereocenters. The van der Waals surface area contributed by atoms with Crippen molar-refractivity contribution in [2.24, 2.45) is 4.99 Å². The summed E-state index contributed by atoms with van der Waals surface area (Å²) in [5, 5.41) is 6.35. The lowest BCUT2D eigenvalue weighted by Crippen LogP contribution is -2.37. The normalized spacial score (nSPS) is 11.9. The fourth-order valence-electron chi connectivity index (χ4n) is 2.35. The molecule has 0 amide bonds. The molecule has 1 aromatic carbocycles. The smallest absolute Gasteiger partial charge is 0.305 e. The zero-order valence-electron chi connectivity index (χ0n) is 15.3. The molecule has 2 N–H and O–H groups in total. The van der Waals surface area contributed by atoms with Crippen molar-refractivity contribution in [3.05, 3.63) is 29.3 Å². The molecule has 140 valence electrons. The standard InChI is InChI=1S/C17H27N3O4S/c1-13-11-14(8-9-15(13)25(4,22)23)12-20-17(18-2)19-10-6-5-7-16(21)24-3/h8-9,11H,5-7,10,12H2,1-4H3,(H2,18,19,20). The van der Waals surface area contributed by atoms with Gasteiger partial charge >= 0.3 is 5.97 Å². The molecule has 1 aromatic rings. The average molecular weight is 369 g/mol. The summed E-state index contributed by atoms with van der Waals surface area (Å²) in [6.45, 7) is 3.02. The summed E-state index contributed by atoms with van der Waals surface area (Å²) in [6.07, 6.45) is 3.20. The Balaban J connectivity index is 2.45. The molecule has 1 rings (SSSR count). The van der Waals surface area contributed by atoms with Gasteiger partial charge in [0.25, 0.3) is 0 Å². The van der Waals surface area contributed by atoms with Crippen LogP contribution >= 0.6 is 0 Å². The highest BCUT2D eigenvalue weighted by Gasteiger charge is 2.10. The number of sulfone groups is 1. The Kier molecular flexibility index (Phi) is 8.40. The topological polar surface area (TPSA) is 96.9 Å². The fraction of sp³-hybridized carbons (Fsp3) is 0.529. The van der Waals surface area contributed by atoms with Crippen LogP contribution in [0.15, 0.2) is 28.1 Å². The predicted molar refractivity (Wildman–Crippen MR) is 98.4 cm³/mol. The van der Waals surface area contributed by atoms with Gasteiger partial charge in [-0.2, -0.15) is 0 Å². The van der Waals surface area contributed by atoms with E-state index in [9.17, 15) is 13.2 Å². The van der Waals surface area contributed by atoms with Gasteiger partial charge in [0.15, 0.2) is 15.8 Å². The van der Waals surface area contributed by atoms with Gasteiger partial charge in [0.1, 0.15) is 0 Å². The Morgan fingerprint density at radius 1 is 1.24 bits per heavy atom. The van der Waals surface area contributed by atoms with Crippen LogP contribution in [0.25, 0.3) is 0 Å². The summed E-state index contributed by atoms with van der Waals surface area (Å²) in [4.78, 5) is 15.5. The Bertz CT molecular complexity index is 715. The second kappa shape index (κ2) is 10.0. The molecule has 0 bridgehead atoms. The van der Waals surface area contributed by atoms with Crippen molar-refractivity contribution in [1.82, 2.24) is 10.6 Å². The molecule has 0 heterocycles.